The smallest absolute Gasteiger partial charge is 0.240 e. The number of carbonyl (C=O) groups is 1. The van der Waals surface area contributed by atoms with Gasteiger partial charge in [-0.3, -0.25) is 9.69 Å². The summed E-state index contributed by atoms with van der Waals surface area (Å²) >= 11 is 0. The van der Waals surface area contributed by atoms with Gasteiger partial charge < -0.3 is 11.1 Å². The summed E-state index contributed by atoms with van der Waals surface area (Å²) in [5.74, 6) is 0.0346. The van der Waals surface area contributed by atoms with Crippen LogP contribution in [0.5, 0.6) is 0 Å². The molecule has 1 aromatic rings. The van der Waals surface area contributed by atoms with Gasteiger partial charge in [0.05, 0.1) is 5.54 Å². The fourth-order valence-electron chi connectivity index (χ4n) is 3.75. The van der Waals surface area contributed by atoms with Crippen molar-refractivity contribution in [3.63, 3.8) is 0 Å². The summed E-state index contributed by atoms with van der Waals surface area (Å²) in [7, 11) is 0. The molecule has 24 heavy (non-hydrogen) atoms. The van der Waals surface area contributed by atoms with Gasteiger partial charge in [0.25, 0.3) is 0 Å². The summed E-state index contributed by atoms with van der Waals surface area (Å²) in [6.45, 7) is 6.98. The number of hydrogen-bond donors (Lipinski definition) is 2. The summed E-state index contributed by atoms with van der Waals surface area (Å²) in [5, 5.41) is 3.16. The van der Waals surface area contributed by atoms with Crippen LogP contribution in [-0.2, 0) is 11.2 Å². The molecule has 4 heteroatoms. The number of hydrogen-bond acceptors (Lipinski definition) is 3. The molecule has 0 heterocycles. The van der Waals surface area contributed by atoms with E-state index in [2.05, 4.69) is 48.3 Å². The lowest BCUT2D eigenvalue weighted by atomic mass is 9.82. The van der Waals surface area contributed by atoms with Gasteiger partial charge in [0.2, 0.25) is 5.91 Å². The van der Waals surface area contributed by atoms with Crippen LogP contribution in [0.4, 0.5) is 0 Å². The zero-order valence-electron chi connectivity index (χ0n) is 15.3. The van der Waals surface area contributed by atoms with E-state index in [0.717, 1.165) is 45.2 Å². The van der Waals surface area contributed by atoms with Gasteiger partial charge in [-0.15, -0.1) is 0 Å². The van der Waals surface area contributed by atoms with Crippen LogP contribution in [0.15, 0.2) is 30.3 Å². The molecule has 0 saturated heterocycles. The van der Waals surface area contributed by atoms with Gasteiger partial charge in [0.15, 0.2) is 0 Å². The van der Waals surface area contributed by atoms with Crippen LogP contribution in [0, 0.1) is 0 Å². The van der Waals surface area contributed by atoms with E-state index < -0.39 is 5.54 Å². The van der Waals surface area contributed by atoms with E-state index in [0.29, 0.717) is 12.6 Å². The predicted octanol–water partition coefficient (Wildman–Crippen LogP) is 2.72. The first kappa shape index (κ1) is 18.9. The Balaban J connectivity index is 1.98. The van der Waals surface area contributed by atoms with E-state index in [1.54, 1.807) is 0 Å². The van der Waals surface area contributed by atoms with E-state index in [4.69, 9.17) is 5.73 Å². The molecule has 2 rings (SSSR count). The molecule has 1 fully saturated rings. The molecule has 4 nitrogen and oxygen atoms in total. The van der Waals surface area contributed by atoms with Crippen molar-refractivity contribution in [2.45, 2.75) is 64.0 Å². The van der Waals surface area contributed by atoms with E-state index >= 15 is 0 Å². The van der Waals surface area contributed by atoms with Crippen LogP contribution in [0.25, 0.3) is 0 Å². The predicted molar refractivity (Wildman–Crippen MR) is 99.9 cm³/mol. The summed E-state index contributed by atoms with van der Waals surface area (Å²) in [6, 6.07) is 10.8. The summed E-state index contributed by atoms with van der Waals surface area (Å²) in [6.07, 6.45) is 5.89. The second-order valence-corrected chi connectivity index (χ2v) is 6.99. The standard InChI is InChI=1S/C20H33N3O/c1-3-23(4-2)18(15-17-11-7-5-8-12-17)16-22-19(24)20(21)13-9-6-10-14-20/h5,7-8,11-12,18H,3-4,6,9-10,13-16,21H2,1-2H3,(H,22,24). The molecular formula is C20H33N3O. The van der Waals surface area contributed by atoms with Gasteiger partial charge in [-0.05, 0) is 37.9 Å². The Bertz CT molecular complexity index is 493. The molecule has 1 aliphatic rings. The fraction of sp³-hybridized carbons (Fsp3) is 0.650. The van der Waals surface area contributed by atoms with Gasteiger partial charge in [-0.2, -0.15) is 0 Å². The van der Waals surface area contributed by atoms with Gasteiger partial charge >= 0.3 is 0 Å². The van der Waals surface area contributed by atoms with Crippen LogP contribution in [0.2, 0.25) is 0 Å². The van der Waals surface area contributed by atoms with Crippen molar-refractivity contribution in [2.75, 3.05) is 19.6 Å². The third-order valence-electron chi connectivity index (χ3n) is 5.34. The molecule has 1 aliphatic carbocycles. The largest absolute Gasteiger partial charge is 0.353 e. The van der Waals surface area contributed by atoms with Crippen LogP contribution in [-0.4, -0.2) is 42.0 Å². The maximum atomic E-state index is 12.6. The second kappa shape index (κ2) is 9.19. The number of nitrogens with two attached hydrogens (primary N) is 1. The van der Waals surface area contributed by atoms with Crippen molar-refractivity contribution in [3.05, 3.63) is 35.9 Å². The van der Waals surface area contributed by atoms with Crippen LogP contribution < -0.4 is 11.1 Å². The molecule has 1 unspecified atom stereocenters. The Morgan fingerprint density at radius 1 is 1.17 bits per heavy atom. The van der Waals surface area contributed by atoms with Crippen molar-refractivity contribution in [1.82, 2.24) is 10.2 Å². The average Bonchev–Trinajstić information content (AvgIpc) is 2.61. The van der Waals surface area contributed by atoms with Crippen molar-refractivity contribution in [2.24, 2.45) is 5.73 Å². The molecule has 0 spiro atoms. The molecule has 3 N–H and O–H groups in total. The average molecular weight is 332 g/mol. The summed E-state index contributed by atoms with van der Waals surface area (Å²) in [4.78, 5) is 15.0. The second-order valence-electron chi connectivity index (χ2n) is 6.99. The Kier molecular flexibility index (Phi) is 7.25. The Morgan fingerprint density at radius 3 is 2.38 bits per heavy atom. The molecule has 1 amide bonds. The van der Waals surface area contributed by atoms with Gasteiger partial charge in [-0.25, -0.2) is 0 Å². The summed E-state index contributed by atoms with van der Waals surface area (Å²) in [5.41, 5.74) is 7.01. The zero-order chi connectivity index (χ0) is 17.4. The lowest BCUT2D eigenvalue weighted by Crippen LogP contribution is -2.57. The minimum atomic E-state index is -0.654. The van der Waals surface area contributed by atoms with E-state index in [-0.39, 0.29) is 5.91 Å². The molecule has 0 aromatic heterocycles. The number of carbonyl (C=O) groups excluding carboxylic acids is 1. The first-order chi connectivity index (χ1) is 11.6. The Labute approximate surface area is 146 Å². The third kappa shape index (κ3) is 5.05. The lowest BCUT2D eigenvalue weighted by molar-refractivity contribution is -0.127. The lowest BCUT2D eigenvalue weighted by Gasteiger charge is -2.34. The molecule has 0 bridgehead atoms. The van der Waals surface area contributed by atoms with Gasteiger partial charge in [-0.1, -0.05) is 63.4 Å². The molecule has 0 radical (unpaired) electrons. The van der Waals surface area contributed by atoms with Crippen LogP contribution in [0.3, 0.4) is 0 Å². The number of likely N-dealkylation sites (N-methyl/N-ethyl adjacent to an activating group) is 1. The Hall–Kier alpha value is -1.39. The van der Waals surface area contributed by atoms with E-state index in [1.165, 1.54) is 12.0 Å². The normalized spacial score (nSPS) is 18.3. The minimum Gasteiger partial charge on any atom is -0.353 e. The highest BCUT2D eigenvalue weighted by Crippen LogP contribution is 2.26. The first-order valence-electron chi connectivity index (χ1n) is 9.44. The number of amides is 1. The number of nitrogens with one attached hydrogen (secondary N) is 1. The maximum Gasteiger partial charge on any atom is 0.240 e. The van der Waals surface area contributed by atoms with E-state index in [9.17, 15) is 4.79 Å². The molecule has 1 aromatic carbocycles. The molecule has 134 valence electrons. The SMILES string of the molecule is CCN(CC)C(CNC(=O)C1(N)CCCCC1)Cc1ccccc1. The highest BCUT2D eigenvalue weighted by molar-refractivity contribution is 5.86. The number of rotatable bonds is 8. The quantitative estimate of drug-likeness (QED) is 0.770. The minimum absolute atomic E-state index is 0.0346. The molecule has 1 atom stereocenters. The fourth-order valence-corrected chi connectivity index (χ4v) is 3.75. The van der Waals surface area contributed by atoms with Crippen molar-refractivity contribution in [3.8, 4) is 0 Å². The van der Waals surface area contributed by atoms with Gasteiger partial charge in [0.1, 0.15) is 0 Å². The van der Waals surface area contributed by atoms with Crippen molar-refractivity contribution >= 4 is 5.91 Å². The van der Waals surface area contributed by atoms with Gasteiger partial charge in [0, 0.05) is 12.6 Å². The summed E-state index contributed by atoms with van der Waals surface area (Å²) < 4.78 is 0. The topological polar surface area (TPSA) is 58.4 Å². The van der Waals surface area contributed by atoms with E-state index in [1.807, 2.05) is 6.07 Å². The van der Waals surface area contributed by atoms with Crippen molar-refractivity contribution < 1.29 is 4.79 Å². The van der Waals surface area contributed by atoms with Crippen LogP contribution >= 0.6 is 0 Å². The monoisotopic (exact) mass is 331 g/mol. The van der Waals surface area contributed by atoms with Crippen molar-refractivity contribution in [1.29, 1.82) is 0 Å². The third-order valence-corrected chi connectivity index (χ3v) is 5.34. The maximum absolute atomic E-state index is 12.6. The molecular weight excluding hydrogens is 298 g/mol. The number of nitrogens with zero attached hydrogens (tertiary/aromatic N) is 1. The Morgan fingerprint density at radius 2 is 1.79 bits per heavy atom. The number of benzene rings is 1. The highest BCUT2D eigenvalue weighted by atomic mass is 16.2. The molecule has 0 aliphatic heterocycles. The molecule has 1 saturated carbocycles. The highest BCUT2D eigenvalue weighted by Gasteiger charge is 2.35. The first-order valence-corrected chi connectivity index (χ1v) is 9.44. The van der Waals surface area contributed by atoms with Crippen LogP contribution in [0.1, 0.15) is 51.5 Å². The zero-order valence-corrected chi connectivity index (χ0v) is 15.3.